The van der Waals surface area contributed by atoms with E-state index in [-0.39, 0.29) is 25.7 Å². The number of carbonyl (C=O) groups excluding carboxylic acids is 4. The number of unbranched alkanes of at least 4 members (excludes halogenated alkanes) is 62. The molecule has 19 heteroatoms. The minimum Gasteiger partial charge on any atom is -0.462 e. The van der Waals surface area contributed by atoms with Gasteiger partial charge in [0.2, 0.25) is 0 Å². The molecule has 0 radical (unpaired) electrons. The van der Waals surface area contributed by atoms with Gasteiger partial charge in [-0.1, -0.05) is 426 Å². The van der Waals surface area contributed by atoms with E-state index in [0.29, 0.717) is 25.7 Å². The average molecular weight is 1550 g/mol. The predicted molar refractivity (Wildman–Crippen MR) is 437 cm³/mol. The van der Waals surface area contributed by atoms with Crippen LogP contribution in [-0.4, -0.2) is 96.7 Å². The van der Waals surface area contributed by atoms with Crippen LogP contribution in [0, 0.1) is 0 Å². The van der Waals surface area contributed by atoms with Crippen LogP contribution in [0.1, 0.15) is 477 Å². The fourth-order valence-electron chi connectivity index (χ4n) is 13.7. The summed E-state index contributed by atoms with van der Waals surface area (Å²) < 4.78 is 68.9. The van der Waals surface area contributed by atoms with Crippen LogP contribution >= 0.6 is 15.6 Å². The standard InChI is InChI=1S/C87H170O17P2/c1-5-9-13-17-21-25-29-33-35-37-39-40-41-43-45-47-50-54-58-62-66-70-74-87(92)104-83(78-98-85(90)72-68-64-60-56-52-49-46-44-42-38-36-34-30-26-22-18-14-10-6-2)80-102-106(95,96)100-76-81(88)75-99-105(93,94)101-79-82(77-97-84(89)71-67-63-59-55-51-32-28-24-20-16-12-8-4)103-86(91)73-69-65-61-57-53-48-31-27-23-19-15-11-7-3/h81-83,88H,5-80H2,1-4H3,(H,93,94)(H,95,96)/t81-,82+,83+/m0/s1. The van der Waals surface area contributed by atoms with Crippen LogP contribution in [0.2, 0.25) is 0 Å². The summed E-state index contributed by atoms with van der Waals surface area (Å²) in [5.74, 6) is -2.10. The van der Waals surface area contributed by atoms with Crippen molar-refractivity contribution in [2.75, 3.05) is 39.6 Å². The van der Waals surface area contributed by atoms with Crippen molar-refractivity contribution in [2.45, 2.75) is 495 Å². The highest BCUT2D eigenvalue weighted by atomic mass is 31.2. The monoisotopic (exact) mass is 1550 g/mol. The van der Waals surface area contributed by atoms with Gasteiger partial charge in [-0.3, -0.25) is 37.3 Å². The number of esters is 4. The van der Waals surface area contributed by atoms with Crippen molar-refractivity contribution in [3.63, 3.8) is 0 Å². The molecule has 0 heterocycles. The van der Waals surface area contributed by atoms with Crippen LogP contribution < -0.4 is 0 Å². The molecule has 630 valence electrons. The first-order valence-electron chi connectivity index (χ1n) is 45.3. The Kier molecular flexibility index (Phi) is 79.6. The third kappa shape index (κ3) is 80.1. The zero-order chi connectivity index (χ0) is 77.4. The molecule has 0 aromatic carbocycles. The number of phosphoric acid groups is 2. The average Bonchev–Trinajstić information content (AvgIpc) is 0.898. The summed E-state index contributed by atoms with van der Waals surface area (Å²) in [5.41, 5.74) is 0. The number of hydrogen-bond donors (Lipinski definition) is 3. The molecule has 0 aliphatic rings. The summed E-state index contributed by atoms with van der Waals surface area (Å²) in [4.78, 5) is 73.2. The van der Waals surface area contributed by atoms with Crippen molar-refractivity contribution < 1.29 is 80.2 Å². The van der Waals surface area contributed by atoms with Gasteiger partial charge in [-0.05, 0) is 25.7 Å². The maximum atomic E-state index is 13.2. The van der Waals surface area contributed by atoms with Gasteiger partial charge in [0.05, 0.1) is 26.4 Å². The SMILES string of the molecule is CCCCCCCCCCCCCCCCCCCCCCCCC(=O)O[C@H](COC(=O)CCCCCCCCCCCCCCCCCCCCC)COP(=O)(O)OC[C@@H](O)COP(=O)(O)OC[C@@H](COC(=O)CCCCCCCCCCCCCC)OC(=O)CCCCCCCCCCCCCCC. The van der Waals surface area contributed by atoms with E-state index < -0.39 is 97.5 Å². The number of aliphatic hydroxyl groups is 1. The molecule has 0 aliphatic heterocycles. The van der Waals surface area contributed by atoms with E-state index in [1.807, 2.05) is 0 Å². The third-order valence-corrected chi connectivity index (χ3v) is 22.5. The second-order valence-electron chi connectivity index (χ2n) is 31.3. The lowest BCUT2D eigenvalue weighted by molar-refractivity contribution is -0.161. The molecule has 2 unspecified atom stereocenters. The second-order valence-corrected chi connectivity index (χ2v) is 34.2. The van der Waals surface area contributed by atoms with Gasteiger partial charge in [-0.2, -0.15) is 0 Å². The highest BCUT2D eigenvalue weighted by molar-refractivity contribution is 7.47. The Morgan fingerprint density at radius 1 is 0.226 bits per heavy atom. The molecule has 0 amide bonds. The minimum atomic E-state index is -4.97. The second kappa shape index (κ2) is 81.1. The number of carbonyl (C=O) groups is 4. The van der Waals surface area contributed by atoms with Crippen molar-refractivity contribution >= 4 is 39.5 Å². The van der Waals surface area contributed by atoms with Crippen LogP contribution in [0.25, 0.3) is 0 Å². The molecule has 0 saturated carbocycles. The lowest BCUT2D eigenvalue weighted by Gasteiger charge is -2.21. The van der Waals surface area contributed by atoms with Gasteiger partial charge < -0.3 is 33.8 Å². The molecule has 0 spiro atoms. The normalized spacial score (nSPS) is 13.7. The topological polar surface area (TPSA) is 237 Å². The van der Waals surface area contributed by atoms with E-state index in [9.17, 15) is 43.2 Å². The Labute approximate surface area is 651 Å². The van der Waals surface area contributed by atoms with Crippen LogP contribution in [-0.2, 0) is 65.4 Å². The van der Waals surface area contributed by atoms with Crippen LogP contribution in [0.4, 0.5) is 0 Å². The van der Waals surface area contributed by atoms with Crippen LogP contribution in [0.5, 0.6) is 0 Å². The van der Waals surface area contributed by atoms with Crippen LogP contribution in [0.15, 0.2) is 0 Å². The van der Waals surface area contributed by atoms with Gasteiger partial charge in [0.15, 0.2) is 12.2 Å². The zero-order valence-electron chi connectivity index (χ0n) is 69.4. The number of phosphoric ester groups is 2. The van der Waals surface area contributed by atoms with Crippen molar-refractivity contribution in [1.82, 2.24) is 0 Å². The molecule has 0 aromatic heterocycles. The molecule has 0 rings (SSSR count). The Morgan fingerprint density at radius 2 is 0.377 bits per heavy atom. The number of ether oxygens (including phenoxy) is 4. The Morgan fingerprint density at radius 3 is 0.557 bits per heavy atom. The molecule has 106 heavy (non-hydrogen) atoms. The van der Waals surface area contributed by atoms with E-state index in [4.69, 9.17) is 37.0 Å². The number of rotatable bonds is 88. The first kappa shape index (κ1) is 104. The van der Waals surface area contributed by atoms with Crippen LogP contribution in [0.3, 0.4) is 0 Å². The first-order valence-corrected chi connectivity index (χ1v) is 48.3. The molecule has 3 N–H and O–H groups in total. The highest BCUT2D eigenvalue weighted by Gasteiger charge is 2.30. The molecular formula is C87H170O17P2. The number of aliphatic hydroxyl groups excluding tert-OH is 1. The smallest absolute Gasteiger partial charge is 0.462 e. The molecular weight excluding hydrogens is 1380 g/mol. The van der Waals surface area contributed by atoms with Crippen molar-refractivity contribution in [2.24, 2.45) is 0 Å². The maximum Gasteiger partial charge on any atom is 0.472 e. The van der Waals surface area contributed by atoms with Crippen molar-refractivity contribution in [1.29, 1.82) is 0 Å². The predicted octanol–water partition coefficient (Wildman–Crippen LogP) is 26.9. The van der Waals surface area contributed by atoms with Gasteiger partial charge in [-0.25, -0.2) is 9.13 Å². The molecule has 0 fully saturated rings. The molecule has 0 saturated heterocycles. The Hall–Kier alpha value is -1.94. The fourth-order valence-corrected chi connectivity index (χ4v) is 15.3. The van der Waals surface area contributed by atoms with E-state index in [0.717, 1.165) is 89.9 Å². The van der Waals surface area contributed by atoms with Gasteiger partial charge in [-0.15, -0.1) is 0 Å². The van der Waals surface area contributed by atoms with Crippen molar-refractivity contribution in [3.8, 4) is 0 Å². The summed E-state index contributed by atoms with van der Waals surface area (Å²) >= 11 is 0. The summed E-state index contributed by atoms with van der Waals surface area (Å²) in [6, 6.07) is 0. The van der Waals surface area contributed by atoms with Crippen molar-refractivity contribution in [3.05, 3.63) is 0 Å². The third-order valence-electron chi connectivity index (χ3n) is 20.6. The molecule has 0 bridgehead atoms. The fraction of sp³-hybridized carbons (Fsp3) is 0.954. The summed E-state index contributed by atoms with van der Waals surface area (Å²) in [6.07, 6.45) is 76.4. The summed E-state index contributed by atoms with van der Waals surface area (Å²) in [7, 11) is -9.93. The van der Waals surface area contributed by atoms with Gasteiger partial charge in [0, 0.05) is 25.7 Å². The molecule has 5 atom stereocenters. The van der Waals surface area contributed by atoms with E-state index in [1.54, 1.807) is 0 Å². The quantitative estimate of drug-likeness (QED) is 0.0222. The van der Waals surface area contributed by atoms with E-state index in [2.05, 4.69) is 27.7 Å². The first-order chi connectivity index (χ1) is 51.7. The molecule has 0 aliphatic carbocycles. The minimum absolute atomic E-state index is 0.109. The lowest BCUT2D eigenvalue weighted by Crippen LogP contribution is -2.30. The Bertz CT molecular complexity index is 2000. The molecule has 0 aromatic rings. The van der Waals surface area contributed by atoms with Gasteiger partial charge in [0.25, 0.3) is 0 Å². The van der Waals surface area contributed by atoms with E-state index >= 15 is 0 Å². The lowest BCUT2D eigenvalue weighted by atomic mass is 10.0. The zero-order valence-corrected chi connectivity index (χ0v) is 71.2. The number of hydrogen-bond acceptors (Lipinski definition) is 15. The largest absolute Gasteiger partial charge is 0.472 e. The van der Waals surface area contributed by atoms with Gasteiger partial charge in [0.1, 0.15) is 19.3 Å². The Balaban J connectivity index is 5.22. The van der Waals surface area contributed by atoms with Gasteiger partial charge >= 0.3 is 39.5 Å². The highest BCUT2D eigenvalue weighted by Crippen LogP contribution is 2.45. The van der Waals surface area contributed by atoms with E-state index in [1.165, 1.54) is 308 Å². The maximum absolute atomic E-state index is 13.2. The summed E-state index contributed by atoms with van der Waals surface area (Å²) in [6.45, 7) is 5.06. The summed E-state index contributed by atoms with van der Waals surface area (Å²) in [5, 5.41) is 10.7. The molecule has 17 nitrogen and oxygen atoms in total.